The number of oxazole rings is 1. The molecule has 2 N–H and O–H groups in total. The fourth-order valence-electron chi connectivity index (χ4n) is 1.88. The van der Waals surface area contributed by atoms with Crippen LogP contribution in [0.4, 0.5) is 9.18 Å². The maximum Gasteiger partial charge on any atom is 0.407 e. The highest BCUT2D eigenvalue weighted by Crippen LogP contribution is 2.16. The Morgan fingerprint density at radius 1 is 1.29 bits per heavy atom. The van der Waals surface area contributed by atoms with E-state index in [1.807, 2.05) is 0 Å². The zero-order valence-electron chi connectivity index (χ0n) is 13.8. The van der Waals surface area contributed by atoms with Gasteiger partial charge in [-0.05, 0) is 32.9 Å². The van der Waals surface area contributed by atoms with Crippen molar-refractivity contribution in [3.63, 3.8) is 0 Å². The third kappa shape index (κ3) is 5.53. The monoisotopic (exact) mass is 337 g/mol. The van der Waals surface area contributed by atoms with Crippen LogP contribution < -0.4 is 10.6 Å². The average Bonchev–Trinajstić information content (AvgIpc) is 2.85. The van der Waals surface area contributed by atoms with Gasteiger partial charge in [-0.3, -0.25) is 4.79 Å². The van der Waals surface area contributed by atoms with E-state index in [0.717, 1.165) is 0 Å². The van der Waals surface area contributed by atoms with Crippen molar-refractivity contribution in [3.8, 4) is 0 Å². The molecule has 0 bridgehead atoms. The van der Waals surface area contributed by atoms with Gasteiger partial charge in [-0.1, -0.05) is 0 Å². The molecule has 0 aliphatic heterocycles. The maximum absolute atomic E-state index is 13.1. The van der Waals surface area contributed by atoms with Crippen molar-refractivity contribution in [2.24, 2.45) is 0 Å². The number of benzene rings is 1. The van der Waals surface area contributed by atoms with Gasteiger partial charge in [0.25, 0.3) is 0 Å². The number of rotatable bonds is 5. The molecule has 0 aliphatic carbocycles. The molecule has 1 aromatic heterocycles. The van der Waals surface area contributed by atoms with Gasteiger partial charge in [-0.25, -0.2) is 14.2 Å². The van der Waals surface area contributed by atoms with Crippen LogP contribution in [-0.4, -0.2) is 29.1 Å². The van der Waals surface area contributed by atoms with Gasteiger partial charge in [-0.2, -0.15) is 0 Å². The number of hydrogen-bond donors (Lipinski definition) is 2. The Labute approximate surface area is 138 Å². The number of carbonyl (C=O) groups is 2. The minimum Gasteiger partial charge on any atom is -0.444 e. The highest BCUT2D eigenvalue weighted by molar-refractivity contribution is 5.77. The quantitative estimate of drug-likeness (QED) is 0.874. The van der Waals surface area contributed by atoms with Gasteiger partial charge in [-0.15, -0.1) is 0 Å². The summed E-state index contributed by atoms with van der Waals surface area (Å²) in [6.07, 6.45) is -0.482. The van der Waals surface area contributed by atoms with Crippen molar-refractivity contribution < 1.29 is 23.1 Å². The van der Waals surface area contributed by atoms with Crippen molar-refractivity contribution in [3.05, 3.63) is 29.9 Å². The first kappa shape index (κ1) is 17.7. The van der Waals surface area contributed by atoms with Crippen LogP contribution in [0.25, 0.3) is 11.1 Å². The number of halogens is 1. The van der Waals surface area contributed by atoms with Gasteiger partial charge >= 0.3 is 6.09 Å². The molecule has 1 heterocycles. The minimum absolute atomic E-state index is 0.0849. The summed E-state index contributed by atoms with van der Waals surface area (Å²) in [5, 5.41) is 5.11. The number of nitrogens with one attached hydrogen (secondary N) is 2. The van der Waals surface area contributed by atoms with Crippen LogP contribution in [0.2, 0.25) is 0 Å². The molecule has 7 nitrogen and oxygen atoms in total. The van der Waals surface area contributed by atoms with Gasteiger partial charge < -0.3 is 19.8 Å². The molecule has 0 saturated carbocycles. The van der Waals surface area contributed by atoms with Crippen molar-refractivity contribution in [1.29, 1.82) is 0 Å². The minimum atomic E-state index is -0.585. The Morgan fingerprint density at radius 3 is 2.75 bits per heavy atom. The Kier molecular flexibility index (Phi) is 5.38. The molecular formula is C16H20FN3O4. The predicted molar refractivity (Wildman–Crippen MR) is 84.7 cm³/mol. The van der Waals surface area contributed by atoms with E-state index in [0.29, 0.717) is 11.1 Å². The van der Waals surface area contributed by atoms with Crippen LogP contribution >= 0.6 is 0 Å². The molecule has 0 spiro atoms. The van der Waals surface area contributed by atoms with Crippen molar-refractivity contribution in [2.75, 3.05) is 6.54 Å². The standard InChI is InChI=1S/C16H20FN3O4/c1-16(2,3)24-15(22)18-7-6-13(21)19-9-14-20-11-8-10(17)4-5-12(11)23-14/h4-5,8H,6-7,9H2,1-3H3,(H,18,22)(H,19,21). The lowest BCUT2D eigenvalue weighted by molar-refractivity contribution is -0.121. The summed E-state index contributed by atoms with van der Waals surface area (Å²) in [6, 6.07) is 4.01. The largest absolute Gasteiger partial charge is 0.444 e. The Morgan fingerprint density at radius 2 is 2.04 bits per heavy atom. The first-order chi connectivity index (χ1) is 11.2. The van der Waals surface area contributed by atoms with E-state index in [9.17, 15) is 14.0 Å². The van der Waals surface area contributed by atoms with Crippen LogP contribution in [0, 0.1) is 5.82 Å². The molecular weight excluding hydrogens is 317 g/mol. The maximum atomic E-state index is 13.1. The van der Waals surface area contributed by atoms with Crippen molar-refractivity contribution in [1.82, 2.24) is 15.6 Å². The molecule has 2 rings (SSSR count). The zero-order valence-corrected chi connectivity index (χ0v) is 13.8. The van der Waals surface area contributed by atoms with Gasteiger partial charge in [0.15, 0.2) is 5.58 Å². The molecule has 0 aliphatic rings. The summed E-state index contributed by atoms with van der Waals surface area (Å²) >= 11 is 0. The topological polar surface area (TPSA) is 93.5 Å². The predicted octanol–water partition coefficient (Wildman–Crippen LogP) is 2.50. The number of hydrogen-bond acceptors (Lipinski definition) is 5. The average molecular weight is 337 g/mol. The van der Waals surface area contributed by atoms with Crippen molar-refractivity contribution >= 4 is 23.1 Å². The summed E-state index contributed by atoms with van der Waals surface area (Å²) < 4.78 is 23.5. The summed E-state index contributed by atoms with van der Waals surface area (Å²) in [4.78, 5) is 27.2. The summed E-state index contributed by atoms with van der Waals surface area (Å²) in [6.45, 7) is 5.50. The third-order valence-corrected chi connectivity index (χ3v) is 2.85. The highest BCUT2D eigenvalue weighted by Gasteiger charge is 2.16. The molecule has 0 atom stereocenters. The van der Waals surface area contributed by atoms with Crippen LogP contribution in [-0.2, 0) is 16.1 Å². The summed E-state index contributed by atoms with van der Waals surface area (Å²) in [5.41, 5.74) is 0.261. The lowest BCUT2D eigenvalue weighted by Gasteiger charge is -2.19. The van der Waals surface area contributed by atoms with Crippen LogP contribution in [0.3, 0.4) is 0 Å². The number of aromatic nitrogens is 1. The Bertz CT molecular complexity index is 736. The second-order valence-electron chi connectivity index (χ2n) is 6.18. The number of alkyl carbamates (subject to hydrolysis) is 1. The van der Waals surface area contributed by atoms with Gasteiger partial charge in [0.05, 0.1) is 6.54 Å². The number of ether oxygens (including phenoxy) is 1. The zero-order chi connectivity index (χ0) is 17.7. The Balaban J connectivity index is 1.73. The second kappa shape index (κ2) is 7.29. The van der Waals surface area contributed by atoms with Gasteiger partial charge in [0, 0.05) is 19.0 Å². The number of amides is 2. The van der Waals surface area contributed by atoms with Crippen molar-refractivity contribution in [2.45, 2.75) is 39.3 Å². The van der Waals surface area contributed by atoms with E-state index in [1.54, 1.807) is 20.8 Å². The van der Waals surface area contributed by atoms with Crippen LogP contribution in [0.1, 0.15) is 33.1 Å². The molecule has 0 radical (unpaired) electrons. The summed E-state index contributed by atoms with van der Waals surface area (Å²) in [5.74, 6) is -0.400. The smallest absolute Gasteiger partial charge is 0.407 e. The van der Waals surface area contributed by atoms with E-state index in [2.05, 4.69) is 15.6 Å². The molecule has 0 fully saturated rings. The first-order valence-electron chi connectivity index (χ1n) is 7.51. The Hall–Kier alpha value is -2.64. The normalized spacial score (nSPS) is 11.3. The molecule has 1 aromatic carbocycles. The van der Waals surface area contributed by atoms with E-state index in [1.165, 1.54) is 18.2 Å². The highest BCUT2D eigenvalue weighted by atomic mass is 19.1. The fourth-order valence-corrected chi connectivity index (χ4v) is 1.88. The lowest BCUT2D eigenvalue weighted by Crippen LogP contribution is -2.35. The first-order valence-corrected chi connectivity index (χ1v) is 7.51. The number of fused-ring (bicyclic) bond motifs is 1. The molecule has 2 aromatic rings. The second-order valence-corrected chi connectivity index (χ2v) is 6.18. The summed E-state index contributed by atoms with van der Waals surface area (Å²) in [7, 11) is 0. The molecule has 0 unspecified atom stereocenters. The molecule has 0 saturated heterocycles. The molecule has 8 heteroatoms. The molecule has 2 amide bonds. The van der Waals surface area contributed by atoms with Gasteiger partial charge in [0.2, 0.25) is 11.8 Å². The number of carbonyl (C=O) groups excluding carboxylic acids is 2. The van der Waals surface area contributed by atoms with E-state index >= 15 is 0 Å². The molecule has 130 valence electrons. The lowest BCUT2D eigenvalue weighted by atomic mass is 10.2. The van der Waals surface area contributed by atoms with E-state index in [-0.39, 0.29) is 31.3 Å². The molecule has 24 heavy (non-hydrogen) atoms. The van der Waals surface area contributed by atoms with Crippen LogP contribution in [0.15, 0.2) is 22.6 Å². The number of nitrogens with zero attached hydrogens (tertiary/aromatic N) is 1. The van der Waals surface area contributed by atoms with E-state index < -0.39 is 17.5 Å². The SMILES string of the molecule is CC(C)(C)OC(=O)NCCC(=O)NCc1nc2cc(F)ccc2o1. The van der Waals surface area contributed by atoms with Gasteiger partial charge in [0.1, 0.15) is 16.9 Å². The van der Waals surface area contributed by atoms with Crippen LogP contribution in [0.5, 0.6) is 0 Å². The fraction of sp³-hybridized carbons (Fsp3) is 0.438. The third-order valence-electron chi connectivity index (χ3n) is 2.85. The van der Waals surface area contributed by atoms with E-state index in [4.69, 9.17) is 9.15 Å².